The van der Waals surface area contributed by atoms with Gasteiger partial charge in [-0.15, -0.1) is 0 Å². The van der Waals surface area contributed by atoms with Crippen molar-refractivity contribution in [3.63, 3.8) is 0 Å². The lowest BCUT2D eigenvalue weighted by Gasteiger charge is -2.13. The van der Waals surface area contributed by atoms with Crippen molar-refractivity contribution >= 4 is 40.1 Å². The molecule has 4 nitrogen and oxygen atoms in total. The summed E-state index contributed by atoms with van der Waals surface area (Å²) in [5.74, 6) is 1.11. The Kier molecular flexibility index (Phi) is 5.50. The third-order valence-corrected chi connectivity index (χ3v) is 5.46. The molecule has 1 aliphatic rings. The zero-order valence-corrected chi connectivity index (χ0v) is 16.1. The summed E-state index contributed by atoms with van der Waals surface area (Å²) < 4.78 is 12.2. The van der Waals surface area contributed by atoms with Crippen LogP contribution in [0.1, 0.15) is 27.9 Å². The van der Waals surface area contributed by atoms with Gasteiger partial charge in [0.05, 0.1) is 23.8 Å². The molecular weight excluding hydrogens is 441 g/mol. The maximum atomic E-state index is 12.4. The number of rotatable bonds is 3. The van der Waals surface area contributed by atoms with Gasteiger partial charge in [0.15, 0.2) is 11.5 Å². The molecule has 0 unspecified atom stereocenters. The van der Waals surface area contributed by atoms with Crippen LogP contribution in [0.3, 0.4) is 0 Å². The predicted molar refractivity (Wildman–Crippen MR) is 102 cm³/mol. The highest BCUT2D eigenvalue weighted by Gasteiger charge is 2.16. The number of hydrogen-bond donors (Lipinski definition) is 1. The third kappa shape index (κ3) is 3.78. The number of carbonyl (C=O) groups is 1. The van der Waals surface area contributed by atoms with E-state index in [1.54, 1.807) is 6.07 Å². The maximum absolute atomic E-state index is 12.4. The van der Waals surface area contributed by atoms with Crippen molar-refractivity contribution < 1.29 is 14.3 Å². The second-order valence-corrected chi connectivity index (χ2v) is 7.06. The van der Waals surface area contributed by atoms with Gasteiger partial charge in [0, 0.05) is 16.5 Å². The van der Waals surface area contributed by atoms with Gasteiger partial charge in [0.1, 0.15) is 0 Å². The van der Waals surface area contributed by atoms with Crippen LogP contribution in [0.15, 0.2) is 30.3 Å². The fourth-order valence-corrected chi connectivity index (χ4v) is 3.38. The summed E-state index contributed by atoms with van der Waals surface area (Å²) in [5.41, 5.74) is 2.64. The van der Waals surface area contributed by atoms with E-state index in [4.69, 9.17) is 21.1 Å². The largest absolute Gasteiger partial charge is 0.489 e. The standard InChI is InChI=1S/C18H17ClINO3/c1-11-4-2-5-13(16(11)20)18(22)21-10-12-8-14(19)17-15(9-12)23-6-3-7-24-17/h2,4-5,8-9H,3,6-7,10H2,1H3,(H,21,22). The lowest BCUT2D eigenvalue weighted by molar-refractivity contribution is 0.0950. The molecular formula is C18H17ClINO3. The average Bonchev–Trinajstić information content (AvgIpc) is 2.81. The molecule has 24 heavy (non-hydrogen) atoms. The van der Waals surface area contributed by atoms with Crippen molar-refractivity contribution in [2.75, 3.05) is 13.2 Å². The van der Waals surface area contributed by atoms with Crippen LogP contribution < -0.4 is 14.8 Å². The number of carbonyl (C=O) groups excluding carboxylic acids is 1. The first-order chi connectivity index (χ1) is 11.6. The van der Waals surface area contributed by atoms with Crippen LogP contribution in [0.2, 0.25) is 5.02 Å². The van der Waals surface area contributed by atoms with Crippen molar-refractivity contribution in [2.45, 2.75) is 19.9 Å². The van der Waals surface area contributed by atoms with Crippen LogP contribution in [-0.2, 0) is 6.54 Å². The highest BCUT2D eigenvalue weighted by Crippen LogP contribution is 2.37. The molecule has 1 N–H and O–H groups in total. The van der Waals surface area contributed by atoms with Gasteiger partial charge in [0.25, 0.3) is 5.91 Å². The van der Waals surface area contributed by atoms with Crippen molar-refractivity contribution in [3.8, 4) is 11.5 Å². The number of amides is 1. The average molecular weight is 458 g/mol. The molecule has 0 spiro atoms. The minimum atomic E-state index is -0.105. The van der Waals surface area contributed by atoms with E-state index in [0.717, 1.165) is 21.1 Å². The molecule has 6 heteroatoms. The van der Waals surface area contributed by atoms with Crippen molar-refractivity contribution in [1.29, 1.82) is 0 Å². The normalized spacial score (nSPS) is 13.3. The Morgan fingerprint density at radius 2 is 2.08 bits per heavy atom. The number of ether oxygens (including phenoxy) is 2. The van der Waals surface area contributed by atoms with Gasteiger partial charge in [-0.05, 0) is 58.8 Å². The minimum absolute atomic E-state index is 0.105. The summed E-state index contributed by atoms with van der Waals surface area (Å²) >= 11 is 8.47. The first-order valence-corrected chi connectivity index (χ1v) is 9.13. The number of halogens is 2. The molecule has 126 valence electrons. The van der Waals surface area contributed by atoms with Crippen LogP contribution in [-0.4, -0.2) is 19.1 Å². The van der Waals surface area contributed by atoms with Gasteiger partial charge in [-0.2, -0.15) is 0 Å². The van der Waals surface area contributed by atoms with E-state index in [1.165, 1.54) is 0 Å². The highest BCUT2D eigenvalue weighted by molar-refractivity contribution is 14.1. The molecule has 0 fully saturated rings. The van der Waals surface area contributed by atoms with Gasteiger partial charge in [-0.25, -0.2) is 0 Å². The number of fused-ring (bicyclic) bond motifs is 1. The van der Waals surface area contributed by atoms with E-state index >= 15 is 0 Å². The lowest BCUT2D eigenvalue weighted by atomic mass is 10.1. The first kappa shape index (κ1) is 17.4. The van der Waals surface area contributed by atoms with Gasteiger partial charge in [-0.3, -0.25) is 4.79 Å². The highest BCUT2D eigenvalue weighted by atomic mass is 127. The van der Waals surface area contributed by atoms with Crippen molar-refractivity contribution in [1.82, 2.24) is 5.32 Å². The summed E-state index contributed by atoms with van der Waals surface area (Å²) in [7, 11) is 0. The van der Waals surface area contributed by atoms with Gasteiger partial charge in [-0.1, -0.05) is 23.7 Å². The molecule has 2 aromatic rings. The quantitative estimate of drug-likeness (QED) is 0.698. The summed E-state index contributed by atoms with van der Waals surface area (Å²) in [6.45, 7) is 3.55. The van der Waals surface area contributed by atoms with Gasteiger partial charge < -0.3 is 14.8 Å². The summed E-state index contributed by atoms with van der Waals surface area (Å²) in [5, 5.41) is 3.44. The molecule has 0 radical (unpaired) electrons. The summed E-state index contributed by atoms with van der Waals surface area (Å²) in [4.78, 5) is 12.4. The van der Waals surface area contributed by atoms with Crippen LogP contribution >= 0.6 is 34.2 Å². The Labute approximate surface area is 159 Å². The van der Waals surface area contributed by atoms with Gasteiger partial charge in [0.2, 0.25) is 0 Å². The van der Waals surface area contributed by atoms with Gasteiger partial charge >= 0.3 is 0 Å². The Balaban J connectivity index is 1.75. The van der Waals surface area contributed by atoms with E-state index in [-0.39, 0.29) is 5.91 Å². The Bertz CT molecular complexity index is 779. The summed E-state index contributed by atoms with van der Waals surface area (Å²) in [6, 6.07) is 9.37. The number of aryl methyl sites for hydroxylation is 1. The number of hydrogen-bond acceptors (Lipinski definition) is 3. The third-order valence-electron chi connectivity index (χ3n) is 3.75. The molecule has 1 aliphatic heterocycles. The Morgan fingerprint density at radius 3 is 2.92 bits per heavy atom. The molecule has 0 aliphatic carbocycles. The second-order valence-electron chi connectivity index (χ2n) is 5.57. The number of nitrogens with one attached hydrogen (secondary N) is 1. The molecule has 1 amide bonds. The maximum Gasteiger partial charge on any atom is 0.252 e. The molecule has 0 aromatic heterocycles. The zero-order chi connectivity index (χ0) is 17.1. The zero-order valence-electron chi connectivity index (χ0n) is 13.2. The monoisotopic (exact) mass is 457 g/mol. The fourth-order valence-electron chi connectivity index (χ4n) is 2.49. The van der Waals surface area contributed by atoms with Crippen LogP contribution in [0.5, 0.6) is 11.5 Å². The van der Waals surface area contributed by atoms with Crippen molar-refractivity contribution in [2.24, 2.45) is 0 Å². The van der Waals surface area contributed by atoms with Crippen LogP contribution in [0.4, 0.5) is 0 Å². The van der Waals surface area contributed by atoms with E-state index in [2.05, 4.69) is 27.9 Å². The molecule has 0 saturated heterocycles. The van der Waals surface area contributed by atoms with Crippen LogP contribution in [0, 0.1) is 10.5 Å². The van der Waals surface area contributed by atoms with E-state index in [1.807, 2.05) is 31.2 Å². The van der Waals surface area contributed by atoms with Crippen molar-refractivity contribution in [3.05, 3.63) is 55.6 Å². The Morgan fingerprint density at radius 1 is 1.29 bits per heavy atom. The lowest BCUT2D eigenvalue weighted by Crippen LogP contribution is -2.24. The number of benzene rings is 2. The fraction of sp³-hybridized carbons (Fsp3) is 0.278. The smallest absolute Gasteiger partial charge is 0.252 e. The molecule has 0 saturated carbocycles. The molecule has 3 rings (SSSR count). The molecule has 0 bridgehead atoms. The van der Waals surface area contributed by atoms with E-state index in [0.29, 0.717) is 41.8 Å². The minimum Gasteiger partial charge on any atom is -0.489 e. The SMILES string of the molecule is Cc1cccc(C(=O)NCc2cc(Cl)c3c(c2)OCCCO3)c1I. The Hall–Kier alpha value is -1.47. The first-order valence-electron chi connectivity index (χ1n) is 7.67. The second kappa shape index (κ2) is 7.61. The van der Waals surface area contributed by atoms with E-state index < -0.39 is 0 Å². The summed E-state index contributed by atoms with van der Waals surface area (Å²) in [6.07, 6.45) is 0.822. The topological polar surface area (TPSA) is 47.6 Å². The van der Waals surface area contributed by atoms with Crippen LogP contribution in [0.25, 0.3) is 0 Å². The molecule has 2 aromatic carbocycles. The molecule has 0 atom stereocenters. The van der Waals surface area contributed by atoms with E-state index in [9.17, 15) is 4.79 Å². The predicted octanol–water partition coefficient (Wildman–Crippen LogP) is 4.34. The molecule has 1 heterocycles.